The summed E-state index contributed by atoms with van der Waals surface area (Å²) in [6.45, 7) is 2.65. The Balaban J connectivity index is 2.10. The van der Waals surface area contributed by atoms with Crippen LogP contribution >= 0.6 is 0 Å². The number of carbonyl (C=O) groups is 2. The molecular weight excluding hydrogens is 218 g/mol. The van der Waals surface area contributed by atoms with Crippen molar-refractivity contribution >= 4 is 11.8 Å². The molecule has 1 N–H and O–H groups in total. The summed E-state index contributed by atoms with van der Waals surface area (Å²) in [7, 11) is 0. The lowest BCUT2D eigenvalue weighted by Crippen LogP contribution is -2.33. The number of hydrogen-bond donors (Lipinski definition) is 1. The minimum absolute atomic E-state index is 0.194. The molecule has 0 saturated carbocycles. The molecule has 4 heteroatoms. The lowest BCUT2D eigenvalue weighted by atomic mass is 10.0. The molecule has 0 amide bonds. The van der Waals surface area contributed by atoms with Gasteiger partial charge in [-0.25, -0.2) is 0 Å². The van der Waals surface area contributed by atoms with Crippen molar-refractivity contribution in [2.75, 3.05) is 6.54 Å². The van der Waals surface area contributed by atoms with Gasteiger partial charge in [-0.15, -0.1) is 0 Å². The molecule has 1 saturated heterocycles. The molecule has 2 rings (SSSR count). The zero-order valence-corrected chi connectivity index (χ0v) is 9.67. The van der Waals surface area contributed by atoms with Crippen molar-refractivity contribution in [2.45, 2.75) is 19.5 Å². The van der Waals surface area contributed by atoms with E-state index in [0.717, 1.165) is 5.56 Å². The normalized spacial score (nSPS) is 25.1. The first kappa shape index (κ1) is 11.8. The number of Topliss-reactive ketones (excluding diaryl/α,β-unsaturated/α-hetero) is 1. The van der Waals surface area contributed by atoms with Crippen LogP contribution in [0.4, 0.5) is 0 Å². The number of hydrogen-bond acceptors (Lipinski definition) is 3. The molecule has 1 aromatic rings. The Kier molecular flexibility index (Phi) is 3.24. The molecule has 1 aliphatic heterocycles. The van der Waals surface area contributed by atoms with Gasteiger partial charge in [0.15, 0.2) is 5.78 Å². The van der Waals surface area contributed by atoms with Crippen LogP contribution in [-0.4, -0.2) is 34.3 Å². The second-order valence-electron chi connectivity index (χ2n) is 4.41. The summed E-state index contributed by atoms with van der Waals surface area (Å²) in [6.07, 6.45) is 0. The van der Waals surface area contributed by atoms with Crippen molar-refractivity contribution in [3.63, 3.8) is 0 Å². The summed E-state index contributed by atoms with van der Waals surface area (Å²) in [5.74, 6) is -2.09. The van der Waals surface area contributed by atoms with E-state index in [-0.39, 0.29) is 18.4 Å². The van der Waals surface area contributed by atoms with Crippen LogP contribution in [0.2, 0.25) is 0 Å². The van der Waals surface area contributed by atoms with E-state index in [9.17, 15) is 9.59 Å². The highest BCUT2D eigenvalue weighted by Crippen LogP contribution is 2.23. The van der Waals surface area contributed by atoms with Gasteiger partial charge >= 0.3 is 5.97 Å². The predicted molar refractivity (Wildman–Crippen MR) is 62.4 cm³/mol. The fraction of sp³-hybridized carbons (Fsp3) is 0.385. The summed E-state index contributed by atoms with van der Waals surface area (Å²) in [4.78, 5) is 24.5. The Labute approximate surface area is 99.9 Å². The average Bonchev–Trinajstić information content (AvgIpc) is 2.55. The lowest BCUT2D eigenvalue weighted by Gasteiger charge is -2.21. The van der Waals surface area contributed by atoms with E-state index in [1.165, 1.54) is 0 Å². The molecule has 2 unspecified atom stereocenters. The summed E-state index contributed by atoms with van der Waals surface area (Å²) in [5, 5.41) is 8.99. The molecule has 0 radical (unpaired) electrons. The molecule has 1 heterocycles. The monoisotopic (exact) mass is 233 g/mol. The van der Waals surface area contributed by atoms with Gasteiger partial charge in [-0.1, -0.05) is 30.3 Å². The first-order valence-electron chi connectivity index (χ1n) is 5.63. The smallest absolute Gasteiger partial charge is 0.315 e. The van der Waals surface area contributed by atoms with E-state index in [1.54, 1.807) is 6.92 Å². The lowest BCUT2D eigenvalue weighted by molar-refractivity contribution is -0.145. The largest absolute Gasteiger partial charge is 0.481 e. The molecule has 0 spiro atoms. The second-order valence-corrected chi connectivity index (χ2v) is 4.41. The Bertz CT molecular complexity index is 430. The van der Waals surface area contributed by atoms with Crippen LogP contribution in [0.25, 0.3) is 0 Å². The molecule has 0 aromatic heterocycles. The van der Waals surface area contributed by atoms with Gasteiger partial charge in [0.25, 0.3) is 0 Å². The molecule has 1 aromatic carbocycles. The number of carboxylic acid groups (broad SMARTS) is 1. The minimum Gasteiger partial charge on any atom is -0.481 e. The fourth-order valence-electron chi connectivity index (χ4n) is 2.28. The van der Waals surface area contributed by atoms with Crippen LogP contribution in [0, 0.1) is 5.92 Å². The topological polar surface area (TPSA) is 57.6 Å². The van der Waals surface area contributed by atoms with Crippen LogP contribution in [0.15, 0.2) is 30.3 Å². The van der Waals surface area contributed by atoms with E-state index in [0.29, 0.717) is 6.54 Å². The summed E-state index contributed by atoms with van der Waals surface area (Å²) < 4.78 is 0. The molecule has 90 valence electrons. The van der Waals surface area contributed by atoms with Crippen LogP contribution in [0.5, 0.6) is 0 Å². The highest BCUT2D eigenvalue weighted by atomic mass is 16.4. The Morgan fingerprint density at radius 3 is 2.59 bits per heavy atom. The zero-order valence-electron chi connectivity index (χ0n) is 9.67. The van der Waals surface area contributed by atoms with Crippen molar-refractivity contribution in [1.29, 1.82) is 0 Å². The van der Waals surface area contributed by atoms with Gasteiger partial charge in [-0.2, -0.15) is 0 Å². The van der Waals surface area contributed by atoms with Gasteiger partial charge in [0.05, 0.1) is 6.54 Å². The van der Waals surface area contributed by atoms with E-state index >= 15 is 0 Å². The number of likely N-dealkylation sites (tertiary alicyclic amines) is 1. The summed E-state index contributed by atoms with van der Waals surface area (Å²) in [5.41, 5.74) is 1.10. The summed E-state index contributed by atoms with van der Waals surface area (Å²) >= 11 is 0. The maximum Gasteiger partial charge on any atom is 0.315 e. The van der Waals surface area contributed by atoms with Crippen molar-refractivity contribution in [3.8, 4) is 0 Å². The van der Waals surface area contributed by atoms with Crippen molar-refractivity contribution < 1.29 is 14.7 Å². The molecule has 17 heavy (non-hydrogen) atoms. The first-order chi connectivity index (χ1) is 8.09. The quantitative estimate of drug-likeness (QED) is 0.796. The third-order valence-electron chi connectivity index (χ3n) is 3.26. The van der Waals surface area contributed by atoms with Crippen molar-refractivity contribution in [3.05, 3.63) is 35.9 Å². The first-order valence-corrected chi connectivity index (χ1v) is 5.63. The Hall–Kier alpha value is -1.68. The van der Waals surface area contributed by atoms with Gasteiger partial charge in [-0.3, -0.25) is 14.5 Å². The van der Waals surface area contributed by atoms with Crippen molar-refractivity contribution in [1.82, 2.24) is 4.90 Å². The number of carboxylic acids is 1. The van der Waals surface area contributed by atoms with Gasteiger partial charge in [-0.05, 0) is 12.5 Å². The maximum atomic E-state index is 11.6. The van der Waals surface area contributed by atoms with Crippen LogP contribution in [-0.2, 0) is 16.1 Å². The highest BCUT2D eigenvalue weighted by Gasteiger charge is 2.42. The van der Waals surface area contributed by atoms with Gasteiger partial charge in [0, 0.05) is 12.6 Å². The molecule has 1 fully saturated rings. The second kappa shape index (κ2) is 4.67. The van der Waals surface area contributed by atoms with Gasteiger partial charge < -0.3 is 5.11 Å². The number of nitrogens with zero attached hydrogens (tertiary/aromatic N) is 1. The predicted octanol–water partition coefficient (Wildman–Crippen LogP) is 1.16. The minimum atomic E-state index is -1.02. The highest BCUT2D eigenvalue weighted by molar-refractivity contribution is 6.01. The maximum absolute atomic E-state index is 11.6. The molecule has 0 bridgehead atoms. The molecule has 1 aliphatic rings. The number of carbonyl (C=O) groups excluding carboxylic acids is 1. The van der Waals surface area contributed by atoms with Gasteiger partial charge in [0.1, 0.15) is 5.92 Å². The van der Waals surface area contributed by atoms with Crippen LogP contribution < -0.4 is 0 Å². The molecule has 2 atom stereocenters. The van der Waals surface area contributed by atoms with E-state index in [1.807, 2.05) is 35.2 Å². The van der Waals surface area contributed by atoms with Gasteiger partial charge in [0.2, 0.25) is 0 Å². The van der Waals surface area contributed by atoms with E-state index in [4.69, 9.17) is 5.11 Å². The SMILES string of the molecule is CC1C(C(=O)O)C(=O)CN1Cc1ccccc1. The van der Waals surface area contributed by atoms with Crippen LogP contribution in [0.3, 0.4) is 0 Å². The molecular formula is C13H15NO3. The third-order valence-corrected chi connectivity index (χ3v) is 3.26. The van der Waals surface area contributed by atoms with Crippen LogP contribution in [0.1, 0.15) is 12.5 Å². The summed E-state index contributed by atoms with van der Waals surface area (Å²) in [6, 6.07) is 9.53. The fourth-order valence-corrected chi connectivity index (χ4v) is 2.28. The van der Waals surface area contributed by atoms with E-state index in [2.05, 4.69) is 0 Å². The van der Waals surface area contributed by atoms with Crippen molar-refractivity contribution in [2.24, 2.45) is 5.92 Å². The zero-order chi connectivity index (χ0) is 12.4. The molecule has 4 nitrogen and oxygen atoms in total. The Morgan fingerprint density at radius 1 is 1.41 bits per heavy atom. The number of ketones is 1. The third kappa shape index (κ3) is 2.36. The standard InChI is InChI=1S/C13H15NO3/c1-9-12(13(16)17)11(15)8-14(9)7-10-5-3-2-4-6-10/h2-6,9,12H,7-8H2,1H3,(H,16,17). The molecule has 0 aliphatic carbocycles. The number of benzene rings is 1. The van der Waals surface area contributed by atoms with E-state index < -0.39 is 11.9 Å². The average molecular weight is 233 g/mol. The number of rotatable bonds is 3. The number of aliphatic carboxylic acids is 1. The Morgan fingerprint density at radius 2 is 2.06 bits per heavy atom.